The SMILES string of the molecule is CC1CCCCC1N(C)C(=O)CN(CCO)C1CC1. The van der Waals surface area contributed by atoms with Crippen molar-refractivity contribution in [3.05, 3.63) is 0 Å². The van der Waals surface area contributed by atoms with E-state index in [1.165, 1.54) is 32.1 Å². The van der Waals surface area contributed by atoms with Gasteiger partial charge in [0, 0.05) is 25.7 Å². The molecule has 0 aromatic heterocycles. The Labute approximate surface area is 116 Å². The number of aliphatic hydroxyl groups excluding tert-OH is 1. The van der Waals surface area contributed by atoms with E-state index in [2.05, 4.69) is 11.8 Å². The van der Waals surface area contributed by atoms with Crippen molar-refractivity contribution in [3.63, 3.8) is 0 Å². The topological polar surface area (TPSA) is 43.8 Å². The summed E-state index contributed by atoms with van der Waals surface area (Å²) in [4.78, 5) is 16.5. The van der Waals surface area contributed by atoms with Crippen LogP contribution in [0.4, 0.5) is 0 Å². The van der Waals surface area contributed by atoms with Crippen molar-refractivity contribution >= 4 is 5.91 Å². The van der Waals surface area contributed by atoms with E-state index in [-0.39, 0.29) is 12.5 Å². The zero-order chi connectivity index (χ0) is 13.8. The van der Waals surface area contributed by atoms with E-state index in [1.54, 1.807) is 0 Å². The molecule has 2 aliphatic carbocycles. The predicted octanol–water partition coefficient (Wildman–Crippen LogP) is 1.48. The summed E-state index contributed by atoms with van der Waals surface area (Å²) < 4.78 is 0. The van der Waals surface area contributed by atoms with Gasteiger partial charge in [-0.3, -0.25) is 9.69 Å². The molecule has 2 aliphatic rings. The van der Waals surface area contributed by atoms with E-state index in [0.717, 1.165) is 6.42 Å². The van der Waals surface area contributed by atoms with Crippen molar-refractivity contribution in [3.8, 4) is 0 Å². The maximum Gasteiger partial charge on any atom is 0.236 e. The summed E-state index contributed by atoms with van der Waals surface area (Å²) in [5, 5.41) is 9.09. The van der Waals surface area contributed by atoms with Gasteiger partial charge in [-0.15, -0.1) is 0 Å². The van der Waals surface area contributed by atoms with Crippen LogP contribution >= 0.6 is 0 Å². The first-order valence-corrected chi connectivity index (χ1v) is 7.74. The molecule has 2 fully saturated rings. The molecule has 2 rings (SSSR count). The molecular weight excluding hydrogens is 240 g/mol. The Hall–Kier alpha value is -0.610. The lowest BCUT2D eigenvalue weighted by molar-refractivity contribution is -0.135. The zero-order valence-corrected chi connectivity index (χ0v) is 12.3. The molecule has 2 saturated carbocycles. The summed E-state index contributed by atoms with van der Waals surface area (Å²) in [6.45, 7) is 3.52. The van der Waals surface area contributed by atoms with Crippen molar-refractivity contribution in [1.29, 1.82) is 0 Å². The van der Waals surface area contributed by atoms with Crippen LogP contribution in [0.5, 0.6) is 0 Å². The average molecular weight is 268 g/mol. The minimum Gasteiger partial charge on any atom is -0.395 e. The molecule has 0 heterocycles. The maximum atomic E-state index is 12.4. The van der Waals surface area contributed by atoms with Gasteiger partial charge in [0.1, 0.15) is 0 Å². The lowest BCUT2D eigenvalue weighted by Crippen LogP contribution is -2.47. The monoisotopic (exact) mass is 268 g/mol. The first-order valence-electron chi connectivity index (χ1n) is 7.74. The Bertz CT molecular complexity index is 305. The van der Waals surface area contributed by atoms with Crippen LogP contribution in [0.3, 0.4) is 0 Å². The van der Waals surface area contributed by atoms with E-state index >= 15 is 0 Å². The number of rotatable bonds is 6. The highest BCUT2D eigenvalue weighted by atomic mass is 16.3. The van der Waals surface area contributed by atoms with Crippen molar-refractivity contribution in [2.75, 3.05) is 26.7 Å². The van der Waals surface area contributed by atoms with Crippen LogP contribution in [0.2, 0.25) is 0 Å². The van der Waals surface area contributed by atoms with Gasteiger partial charge in [-0.2, -0.15) is 0 Å². The van der Waals surface area contributed by atoms with Crippen molar-refractivity contribution in [1.82, 2.24) is 9.80 Å². The maximum absolute atomic E-state index is 12.4. The number of carbonyl (C=O) groups is 1. The second-order valence-electron chi connectivity index (χ2n) is 6.26. The molecule has 4 heteroatoms. The summed E-state index contributed by atoms with van der Waals surface area (Å²) in [6, 6.07) is 0.949. The van der Waals surface area contributed by atoms with Gasteiger partial charge in [-0.1, -0.05) is 19.8 Å². The smallest absolute Gasteiger partial charge is 0.236 e. The Morgan fingerprint density at radius 1 is 1.21 bits per heavy atom. The molecule has 1 amide bonds. The van der Waals surface area contributed by atoms with Crippen LogP contribution in [0, 0.1) is 5.92 Å². The van der Waals surface area contributed by atoms with Gasteiger partial charge < -0.3 is 10.0 Å². The molecular formula is C15H28N2O2. The third-order valence-corrected chi connectivity index (χ3v) is 4.75. The third-order valence-electron chi connectivity index (χ3n) is 4.75. The van der Waals surface area contributed by atoms with Gasteiger partial charge in [0.15, 0.2) is 0 Å². The highest BCUT2D eigenvalue weighted by Crippen LogP contribution is 2.29. The lowest BCUT2D eigenvalue weighted by atomic mass is 9.85. The standard InChI is InChI=1S/C15H28N2O2/c1-12-5-3-4-6-14(12)16(2)15(19)11-17(9-10-18)13-7-8-13/h12-14,18H,3-11H2,1-2H3. The van der Waals surface area contributed by atoms with Crippen LogP contribution in [-0.4, -0.2) is 59.6 Å². The molecule has 0 aromatic rings. The average Bonchev–Trinajstić information content (AvgIpc) is 3.22. The van der Waals surface area contributed by atoms with E-state index in [9.17, 15) is 4.79 Å². The number of carbonyl (C=O) groups excluding carboxylic acids is 1. The molecule has 2 unspecified atom stereocenters. The number of hydrogen-bond donors (Lipinski definition) is 1. The Morgan fingerprint density at radius 3 is 2.47 bits per heavy atom. The first kappa shape index (κ1) is 14.8. The molecule has 0 saturated heterocycles. The molecule has 2 atom stereocenters. The molecule has 0 bridgehead atoms. The summed E-state index contributed by atoms with van der Waals surface area (Å²) in [5.74, 6) is 0.842. The molecule has 110 valence electrons. The van der Waals surface area contributed by atoms with Crippen molar-refractivity contribution in [2.24, 2.45) is 5.92 Å². The second-order valence-corrected chi connectivity index (χ2v) is 6.26. The minimum absolute atomic E-state index is 0.146. The number of amides is 1. The van der Waals surface area contributed by atoms with Crippen LogP contribution in [0.15, 0.2) is 0 Å². The molecule has 1 N–H and O–H groups in total. The normalized spacial score (nSPS) is 27.6. The number of nitrogens with zero attached hydrogens (tertiary/aromatic N) is 2. The zero-order valence-electron chi connectivity index (χ0n) is 12.3. The Morgan fingerprint density at radius 2 is 1.89 bits per heavy atom. The fourth-order valence-corrected chi connectivity index (χ4v) is 3.30. The van der Waals surface area contributed by atoms with E-state index in [4.69, 9.17) is 5.11 Å². The van der Waals surface area contributed by atoms with Crippen molar-refractivity contribution in [2.45, 2.75) is 57.5 Å². The highest BCUT2D eigenvalue weighted by molar-refractivity contribution is 5.78. The third kappa shape index (κ3) is 3.93. The molecule has 4 nitrogen and oxygen atoms in total. The first-order chi connectivity index (χ1) is 9.13. The Kier molecular flexibility index (Phi) is 5.22. The second kappa shape index (κ2) is 6.71. The molecule has 19 heavy (non-hydrogen) atoms. The number of hydrogen-bond acceptors (Lipinski definition) is 3. The van der Waals surface area contributed by atoms with Crippen LogP contribution in [-0.2, 0) is 4.79 Å². The largest absolute Gasteiger partial charge is 0.395 e. The number of likely N-dealkylation sites (N-methyl/N-ethyl adjacent to an activating group) is 1. The summed E-state index contributed by atoms with van der Waals surface area (Å²) >= 11 is 0. The van der Waals surface area contributed by atoms with Crippen molar-refractivity contribution < 1.29 is 9.90 Å². The van der Waals surface area contributed by atoms with E-state index < -0.39 is 0 Å². The van der Waals surface area contributed by atoms with Gasteiger partial charge in [0.25, 0.3) is 0 Å². The minimum atomic E-state index is 0.146. The highest BCUT2D eigenvalue weighted by Gasteiger charge is 2.33. The quantitative estimate of drug-likeness (QED) is 0.793. The summed E-state index contributed by atoms with van der Waals surface area (Å²) in [7, 11) is 1.96. The van der Waals surface area contributed by atoms with E-state index in [0.29, 0.717) is 31.1 Å². The number of aliphatic hydroxyl groups is 1. The molecule has 0 spiro atoms. The van der Waals surface area contributed by atoms with Crippen LogP contribution in [0.25, 0.3) is 0 Å². The van der Waals surface area contributed by atoms with Gasteiger partial charge in [0.2, 0.25) is 5.91 Å². The molecule has 0 aliphatic heterocycles. The Balaban J connectivity index is 1.86. The van der Waals surface area contributed by atoms with Gasteiger partial charge >= 0.3 is 0 Å². The van der Waals surface area contributed by atoms with Crippen LogP contribution < -0.4 is 0 Å². The molecule has 0 aromatic carbocycles. The predicted molar refractivity (Wildman–Crippen MR) is 75.9 cm³/mol. The fourth-order valence-electron chi connectivity index (χ4n) is 3.30. The van der Waals surface area contributed by atoms with E-state index in [1.807, 2.05) is 11.9 Å². The van der Waals surface area contributed by atoms with Gasteiger partial charge in [0.05, 0.1) is 13.2 Å². The van der Waals surface area contributed by atoms with Gasteiger partial charge in [-0.25, -0.2) is 0 Å². The lowest BCUT2D eigenvalue weighted by Gasteiger charge is -2.37. The molecule has 0 radical (unpaired) electrons. The fraction of sp³-hybridized carbons (Fsp3) is 0.933. The summed E-state index contributed by atoms with van der Waals surface area (Å²) in [6.07, 6.45) is 7.29. The summed E-state index contributed by atoms with van der Waals surface area (Å²) in [5.41, 5.74) is 0. The van der Waals surface area contributed by atoms with Crippen LogP contribution in [0.1, 0.15) is 45.4 Å². The van der Waals surface area contributed by atoms with Gasteiger partial charge in [-0.05, 0) is 31.6 Å².